The van der Waals surface area contributed by atoms with Crippen molar-refractivity contribution in [2.24, 2.45) is 0 Å². The van der Waals surface area contributed by atoms with Gasteiger partial charge in [-0.2, -0.15) is 0 Å². The van der Waals surface area contributed by atoms with Crippen LogP contribution in [0.25, 0.3) is 0 Å². The molecule has 2 heterocycles. The maximum atomic E-state index is 13.3. The van der Waals surface area contributed by atoms with E-state index in [1.165, 1.54) is 0 Å². The van der Waals surface area contributed by atoms with Gasteiger partial charge in [0.05, 0.1) is 11.5 Å². The topological polar surface area (TPSA) is 66.5 Å². The molecule has 1 atom stereocenters. The number of halogens is 1. The monoisotopic (exact) mass is 412 g/mol. The summed E-state index contributed by atoms with van der Waals surface area (Å²) >= 11 is 5.96. The van der Waals surface area contributed by atoms with Crippen molar-refractivity contribution in [1.82, 2.24) is 10.2 Å². The Hall–Kier alpha value is -1.11. The van der Waals surface area contributed by atoms with Crippen LogP contribution in [-0.4, -0.2) is 53.9 Å². The lowest BCUT2D eigenvalue weighted by atomic mass is 9.76. The quantitative estimate of drug-likeness (QED) is 0.827. The first-order chi connectivity index (χ1) is 12.4. The highest BCUT2D eigenvalue weighted by atomic mass is 35.5. The number of likely N-dealkylation sites (tertiary alicyclic amines) is 1. The van der Waals surface area contributed by atoms with Crippen LogP contribution in [0.1, 0.15) is 57.3 Å². The molecule has 0 spiro atoms. The zero-order valence-corrected chi connectivity index (χ0v) is 18.0. The van der Waals surface area contributed by atoms with Gasteiger partial charge >= 0.3 is 0 Å². The van der Waals surface area contributed by atoms with E-state index in [0.717, 1.165) is 12.8 Å². The van der Waals surface area contributed by atoms with Gasteiger partial charge in [0.25, 0.3) is 5.91 Å². The van der Waals surface area contributed by atoms with Gasteiger partial charge in [0.2, 0.25) is 0 Å². The van der Waals surface area contributed by atoms with Crippen molar-refractivity contribution in [3.63, 3.8) is 0 Å². The Bertz CT molecular complexity index is 800. The van der Waals surface area contributed by atoms with Crippen LogP contribution < -0.4 is 5.32 Å². The highest BCUT2D eigenvalue weighted by Gasteiger charge is 2.48. The standard InChI is InChI=1S/C20H29ClN2O3S/c1-19(2)11-17(22-16-9-10-27(25,26)13-16)12-20(3,4)23(19)18(24)14-5-7-15(21)8-6-14/h5-8,16-17,22H,9-13H2,1-4H3. The van der Waals surface area contributed by atoms with Crippen molar-refractivity contribution in [1.29, 1.82) is 0 Å². The maximum Gasteiger partial charge on any atom is 0.254 e. The molecule has 27 heavy (non-hydrogen) atoms. The molecule has 7 heteroatoms. The molecule has 1 amide bonds. The lowest BCUT2D eigenvalue weighted by Crippen LogP contribution is -2.66. The van der Waals surface area contributed by atoms with Crippen molar-refractivity contribution in [3.05, 3.63) is 34.9 Å². The molecule has 0 aliphatic carbocycles. The minimum absolute atomic E-state index is 0.00330. The van der Waals surface area contributed by atoms with Gasteiger partial charge in [-0.3, -0.25) is 4.79 Å². The summed E-state index contributed by atoms with van der Waals surface area (Å²) in [7, 11) is -2.91. The van der Waals surface area contributed by atoms with Crippen LogP contribution in [-0.2, 0) is 9.84 Å². The number of piperidine rings is 1. The van der Waals surface area contributed by atoms with E-state index >= 15 is 0 Å². The molecule has 1 aromatic carbocycles. The second kappa shape index (κ2) is 7.05. The molecule has 1 unspecified atom stereocenters. The summed E-state index contributed by atoms with van der Waals surface area (Å²) in [6.07, 6.45) is 2.24. The van der Waals surface area contributed by atoms with Crippen molar-refractivity contribution in [2.75, 3.05) is 11.5 Å². The van der Waals surface area contributed by atoms with Crippen molar-refractivity contribution in [2.45, 2.75) is 70.1 Å². The molecule has 1 aromatic rings. The van der Waals surface area contributed by atoms with Gasteiger partial charge in [0.1, 0.15) is 0 Å². The fraction of sp³-hybridized carbons (Fsp3) is 0.650. The molecule has 2 saturated heterocycles. The summed E-state index contributed by atoms with van der Waals surface area (Å²) < 4.78 is 23.5. The highest BCUT2D eigenvalue weighted by Crippen LogP contribution is 2.40. The Labute approximate surface area is 167 Å². The summed E-state index contributed by atoms with van der Waals surface area (Å²) in [4.78, 5) is 15.2. The average Bonchev–Trinajstić information content (AvgIpc) is 2.84. The van der Waals surface area contributed by atoms with Crippen molar-refractivity contribution in [3.8, 4) is 0 Å². The maximum absolute atomic E-state index is 13.3. The lowest BCUT2D eigenvalue weighted by Gasteiger charge is -2.55. The van der Waals surface area contributed by atoms with E-state index in [9.17, 15) is 13.2 Å². The second-order valence-electron chi connectivity index (χ2n) is 9.14. The van der Waals surface area contributed by atoms with Crippen LogP contribution >= 0.6 is 11.6 Å². The molecular formula is C20H29ClN2O3S. The number of carbonyl (C=O) groups is 1. The van der Waals surface area contributed by atoms with Gasteiger partial charge in [0, 0.05) is 33.7 Å². The first-order valence-corrected chi connectivity index (χ1v) is 11.7. The Morgan fingerprint density at radius 2 is 1.63 bits per heavy atom. The molecule has 0 radical (unpaired) electrons. The SMILES string of the molecule is CC1(C)CC(NC2CCS(=O)(=O)C2)CC(C)(C)N1C(=O)c1ccc(Cl)cc1. The van der Waals surface area contributed by atoms with Crippen LogP contribution in [0.2, 0.25) is 5.02 Å². The lowest BCUT2D eigenvalue weighted by molar-refractivity contribution is -0.0231. The number of hydrogen-bond acceptors (Lipinski definition) is 4. The second-order valence-corrected chi connectivity index (χ2v) is 11.8. The van der Waals surface area contributed by atoms with E-state index in [1.807, 2.05) is 4.90 Å². The van der Waals surface area contributed by atoms with E-state index in [4.69, 9.17) is 11.6 Å². The Morgan fingerprint density at radius 3 is 2.11 bits per heavy atom. The fourth-order valence-corrected chi connectivity index (χ4v) is 6.74. The molecule has 2 fully saturated rings. The van der Waals surface area contributed by atoms with Crippen LogP contribution in [0, 0.1) is 0 Å². The molecule has 2 aliphatic heterocycles. The highest BCUT2D eigenvalue weighted by molar-refractivity contribution is 7.91. The number of nitrogens with zero attached hydrogens (tertiary/aromatic N) is 1. The summed E-state index contributed by atoms with van der Waals surface area (Å²) in [5.74, 6) is 0.493. The zero-order chi connectivity index (χ0) is 20.0. The molecule has 3 rings (SSSR count). The first-order valence-electron chi connectivity index (χ1n) is 9.46. The fourth-order valence-electron chi connectivity index (χ4n) is 4.93. The van der Waals surface area contributed by atoms with Gasteiger partial charge in [-0.05, 0) is 71.2 Å². The van der Waals surface area contributed by atoms with Gasteiger partial charge in [-0.15, -0.1) is 0 Å². The van der Waals surface area contributed by atoms with E-state index in [0.29, 0.717) is 17.0 Å². The number of carbonyl (C=O) groups excluding carboxylic acids is 1. The normalized spacial score (nSPS) is 26.9. The molecular weight excluding hydrogens is 384 g/mol. The Kier molecular flexibility index (Phi) is 5.38. The van der Waals surface area contributed by atoms with Crippen molar-refractivity contribution >= 4 is 27.3 Å². The van der Waals surface area contributed by atoms with Gasteiger partial charge < -0.3 is 10.2 Å². The number of rotatable bonds is 3. The Morgan fingerprint density at radius 1 is 1.07 bits per heavy atom. The minimum Gasteiger partial charge on any atom is -0.328 e. The molecule has 2 aliphatic rings. The smallest absolute Gasteiger partial charge is 0.254 e. The third-order valence-corrected chi connectivity index (χ3v) is 7.72. The van der Waals surface area contributed by atoms with Gasteiger partial charge in [-0.1, -0.05) is 11.6 Å². The predicted octanol–water partition coefficient (Wildman–Crippen LogP) is 3.28. The van der Waals surface area contributed by atoms with E-state index in [2.05, 4.69) is 33.0 Å². The van der Waals surface area contributed by atoms with Crippen LogP contribution in [0.5, 0.6) is 0 Å². The van der Waals surface area contributed by atoms with Gasteiger partial charge in [0.15, 0.2) is 9.84 Å². The Balaban J connectivity index is 1.78. The van der Waals surface area contributed by atoms with Crippen LogP contribution in [0.3, 0.4) is 0 Å². The molecule has 0 saturated carbocycles. The molecule has 0 aromatic heterocycles. The number of hydrogen-bond donors (Lipinski definition) is 1. The van der Waals surface area contributed by atoms with Crippen molar-refractivity contribution < 1.29 is 13.2 Å². The number of nitrogens with one attached hydrogen (secondary N) is 1. The molecule has 5 nitrogen and oxygen atoms in total. The van der Waals surface area contributed by atoms with E-state index in [-0.39, 0.29) is 40.6 Å². The first kappa shape index (κ1) is 20.6. The summed E-state index contributed by atoms with van der Waals surface area (Å²) in [6, 6.07) is 7.22. The van der Waals surface area contributed by atoms with Crippen LogP contribution in [0.4, 0.5) is 0 Å². The largest absolute Gasteiger partial charge is 0.328 e. The molecule has 0 bridgehead atoms. The predicted molar refractivity (Wildman–Crippen MR) is 109 cm³/mol. The molecule has 1 N–H and O–H groups in total. The summed E-state index contributed by atoms with van der Waals surface area (Å²) in [5.41, 5.74) is -0.0739. The average molecular weight is 413 g/mol. The number of sulfone groups is 1. The van der Waals surface area contributed by atoms with E-state index < -0.39 is 9.84 Å². The molecule has 150 valence electrons. The third-order valence-electron chi connectivity index (χ3n) is 5.70. The summed E-state index contributed by atoms with van der Waals surface area (Å²) in [5, 5.41) is 4.17. The van der Waals surface area contributed by atoms with Crippen LogP contribution in [0.15, 0.2) is 24.3 Å². The zero-order valence-electron chi connectivity index (χ0n) is 16.5. The number of amides is 1. The third kappa shape index (κ3) is 4.49. The minimum atomic E-state index is -2.91. The van der Waals surface area contributed by atoms with Gasteiger partial charge in [-0.25, -0.2) is 8.42 Å². The summed E-state index contributed by atoms with van der Waals surface area (Å²) in [6.45, 7) is 8.34. The number of benzene rings is 1. The van der Waals surface area contributed by atoms with E-state index in [1.54, 1.807) is 24.3 Å².